The summed E-state index contributed by atoms with van der Waals surface area (Å²) in [6, 6.07) is 0.828. The van der Waals surface area contributed by atoms with E-state index in [0.29, 0.717) is 0 Å². The van der Waals surface area contributed by atoms with E-state index in [0.717, 1.165) is 6.04 Å². The van der Waals surface area contributed by atoms with Crippen molar-refractivity contribution in [1.29, 1.82) is 0 Å². The summed E-state index contributed by atoms with van der Waals surface area (Å²) in [5.41, 5.74) is 0. The molecule has 2 fully saturated rings. The second-order valence-corrected chi connectivity index (χ2v) is 5.88. The Balaban J connectivity index is 1.66. The Morgan fingerprint density at radius 3 is 2.42 bits per heavy atom. The minimum absolute atomic E-state index is 0.828. The molecule has 2 heterocycles. The highest BCUT2D eigenvalue weighted by Gasteiger charge is 2.29. The highest BCUT2D eigenvalue weighted by Crippen LogP contribution is 2.17. The highest BCUT2D eigenvalue weighted by molar-refractivity contribution is 4.88. The first-order valence-electron chi connectivity index (χ1n) is 8.17. The maximum absolute atomic E-state index is 2.73. The zero-order chi connectivity index (χ0) is 13.5. The summed E-state index contributed by atoms with van der Waals surface area (Å²) in [5, 5.41) is 0. The van der Waals surface area contributed by atoms with Crippen LogP contribution in [0.3, 0.4) is 0 Å². The lowest BCUT2D eigenvalue weighted by Crippen LogP contribution is -2.50. The summed E-state index contributed by atoms with van der Waals surface area (Å²) in [6.45, 7) is 14.7. The molecule has 2 aliphatic heterocycles. The van der Waals surface area contributed by atoms with Gasteiger partial charge in [-0.1, -0.05) is 26.0 Å². The van der Waals surface area contributed by atoms with Crippen LogP contribution in [0.4, 0.5) is 0 Å². The van der Waals surface area contributed by atoms with Gasteiger partial charge >= 0.3 is 0 Å². The van der Waals surface area contributed by atoms with Crippen molar-refractivity contribution in [2.75, 3.05) is 52.4 Å². The first-order valence-corrected chi connectivity index (χ1v) is 8.17. The molecule has 0 radical (unpaired) electrons. The average molecular weight is 265 g/mol. The Hall–Kier alpha value is -0.380. The molecule has 0 aliphatic carbocycles. The second-order valence-electron chi connectivity index (χ2n) is 5.88. The summed E-state index contributed by atoms with van der Waals surface area (Å²) in [4.78, 5) is 7.95. The van der Waals surface area contributed by atoms with E-state index in [1.54, 1.807) is 0 Å². The van der Waals surface area contributed by atoms with Crippen LogP contribution in [0.5, 0.6) is 0 Å². The lowest BCUT2D eigenvalue weighted by Gasteiger charge is -2.37. The number of likely N-dealkylation sites (tertiary alicyclic amines) is 1. The summed E-state index contributed by atoms with van der Waals surface area (Å²) < 4.78 is 0. The molecule has 0 aromatic carbocycles. The average Bonchev–Trinajstić information content (AvgIpc) is 2.92. The van der Waals surface area contributed by atoms with Gasteiger partial charge in [0.25, 0.3) is 0 Å². The standard InChI is InChI=1S/C16H31N3/c1-3-5-6-7-9-18-10-8-16(15-18)19-13-11-17(4-2)12-14-19/h5-6,16H,3-4,7-15H2,1-2H3. The number of allylic oxidation sites excluding steroid dienone is 1. The lowest BCUT2D eigenvalue weighted by atomic mass is 10.2. The monoisotopic (exact) mass is 265 g/mol. The number of hydrogen-bond donors (Lipinski definition) is 0. The van der Waals surface area contributed by atoms with Crippen LogP contribution in [0.1, 0.15) is 33.1 Å². The van der Waals surface area contributed by atoms with Crippen molar-refractivity contribution in [3.05, 3.63) is 12.2 Å². The Morgan fingerprint density at radius 2 is 1.74 bits per heavy atom. The number of likely N-dealkylation sites (N-methyl/N-ethyl adjacent to an activating group) is 1. The molecule has 0 aromatic heterocycles. The Labute approximate surface area is 119 Å². The molecule has 2 aliphatic rings. The fraction of sp³-hybridized carbons (Fsp3) is 0.875. The molecule has 1 unspecified atom stereocenters. The number of hydrogen-bond acceptors (Lipinski definition) is 3. The van der Waals surface area contributed by atoms with Gasteiger partial charge in [0.2, 0.25) is 0 Å². The quantitative estimate of drug-likeness (QED) is 0.681. The van der Waals surface area contributed by atoms with E-state index >= 15 is 0 Å². The van der Waals surface area contributed by atoms with Gasteiger partial charge in [0.1, 0.15) is 0 Å². The van der Waals surface area contributed by atoms with Crippen LogP contribution < -0.4 is 0 Å². The van der Waals surface area contributed by atoms with Crippen molar-refractivity contribution >= 4 is 0 Å². The molecule has 19 heavy (non-hydrogen) atoms. The molecule has 3 heteroatoms. The smallest absolute Gasteiger partial charge is 0.0236 e. The molecule has 0 amide bonds. The van der Waals surface area contributed by atoms with Crippen LogP contribution in [-0.2, 0) is 0 Å². The zero-order valence-electron chi connectivity index (χ0n) is 12.9. The van der Waals surface area contributed by atoms with Crippen LogP contribution in [0.15, 0.2) is 12.2 Å². The van der Waals surface area contributed by atoms with Crippen molar-refractivity contribution in [3.63, 3.8) is 0 Å². The van der Waals surface area contributed by atoms with E-state index < -0.39 is 0 Å². The Bertz CT molecular complexity index is 269. The molecule has 2 rings (SSSR count). The minimum Gasteiger partial charge on any atom is -0.301 e. The SMILES string of the molecule is CCC=CCCN1CCC(N2CCN(CC)CC2)C1. The van der Waals surface area contributed by atoms with Crippen molar-refractivity contribution in [1.82, 2.24) is 14.7 Å². The topological polar surface area (TPSA) is 9.72 Å². The van der Waals surface area contributed by atoms with Crippen LogP contribution in [0, 0.1) is 0 Å². The van der Waals surface area contributed by atoms with Gasteiger partial charge in [-0.25, -0.2) is 0 Å². The number of piperazine rings is 1. The van der Waals surface area contributed by atoms with Gasteiger partial charge < -0.3 is 9.80 Å². The van der Waals surface area contributed by atoms with E-state index in [9.17, 15) is 0 Å². The molecule has 0 saturated carbocycles. The Kier molecular flexibility index (Phi) is 6.35. The molecule has 0 spiro atoms. The minimum atomic E-state index is 0.828. The van der Waals surface area contributed by atoms with E-state index in [-0.39, 0.29) is 0 Å². The fourth-order valence-electron chi connectivity index (χ4n) is 3.30. The first kappa shape index (κ1) is 15.0. The van der Waals surface area contributed by atoms with Crippen molar-refractivity contribution in [3.8, 4) is 0 Å². The molecule has 2 saturated heterocycles. The van der Waals surface area contributed by atoms with Crippen molar-refractivity contribution < 1.29 is 0 Å². The Morgan fingerprint density at radius 1 is 0.947 bits per heavy atom. The molecular weight excluding hydrogens is 234 g/mol. The molecule has 0 bridgehead atoms. The van der Waals surface area contributed by atoms with Gasteiger partial charge in [-0.2, -0.15) is 0 Å². The van der Waals surface area contributed by atoms with Gasteiger partial charge in [-0.3, -0.25) is 4.90 Å². The predicted octanol–water partition coefficient (Wildman–Crippen LogP) is 2.05. The van der Waals surface area contributed by atoms with E-state index in [4.69, 9.17) is 0 Å². The number of nitrogens with zero attached hydrogens (tertiary/aromatic N) is 3. The maximum Gasteiger partial charge on any atom is 0.0236 e. The van der Waals surface area contributed by atoms with Gasteiger partial charge in [0.15, 0.2) is 0 Å². The normalized spacial score (nSPS) is 27.6. The van der Waals surface area contributed by atoms with Crippen LogP contribution in [-0.4, -0.2) is 73.1 Å². The van der Waals surface area contributed by atoms with Gasteiger partial charge in [-0.05, 0) is 32.4 Å². The van der Waals surface area contributed by atoms with Gasteiger partial charge in [0, 0.05) is 45.3 Å². The molecule has 110 valence electrons. The third kappa shape index (κ3) is 4.59. The van der Waals surface area contributed by atoms with Crippen molar-refractivity contribution in [2.24, 2.45) is 0 Å². The van der Waals surface area contributed by atoms with Gasteiger partial charge in [0.05, 0.1) is 0 Å². The summed E-state index contributed by atoms with van der Waals surface area (Å²) in [6.07, 6.45) is 8.41. The second kappa shape index (κ2) is 8.03. The van der Waals surface area contributed by atoms with Crippen LogP contribution in [0.25, 0.3) is 0 Å². The molecule has 1 atom stereocenters. The summed E-state index contributed by atoms with van der Waals surface area (Å²) in [5.74, 6) is 0. The third-order valence-corrected chi connectivity index (χ3v) is 4.63. The number of rotatable bonds is 6. The molecule has 0 N–H and O–H groups in total. The van der Waals surface area contributed by atoms with Gasteiger partial charge in [-0.15, -0.1) is 0 Å². The van der Waals surface area contributed by atoms with Crippen molar-refractivity contribution in [2.45, 2.75) is 39.2 Å². The molecular formula is C16H31N3. The lowest BCUT2D eigenvalue weighted by molar-refractivity contribution is 0.101. The summed E-state index contributed by atoms with van der Waals surface area (Å²) >= 11 is 0. The van der Waals surface area contributed by atoms with Crippen LogP contribution >= 0.6 is 0 Å². The molecule has 3 nitrogen and oxygen atoms in total. The largest absolute Gasteiger partial charge is 0.301 e. The molecule has 0 aromatic rings. The third-order valence-electron chi connectivity index (χ3n) is 4.63. The highest BCUT2D eigenvalue weighted by atomic mass is 15.3. The van der Waals surface area contributed by atoms with E-state index in [1.807, 2.05) is 0 Å². The summed E-state index contributed by atoms with van der Waals surface area (Å²) in [7, 11) is 0. The fourth-order valence-corrected chi connectivity index (χ4v) is 3.30. The van der Waals surface area contributed by atoms with E-state index in [2.05, 4.69) is 40.7 Å². The zero-order valence-corrected chi connectivity index (χ0v) is 12.9. The predicted molar refractivity (Wildman–Crippen MR) is 82.6 cm³/mol. The first-order chi connectivity index (χ1) is 9.33. The maximum atomic E-state index is 2.73. The van der Waals surface area contributed by atoms with Crippen LogP contribution in [0.2, 0.25) is 0 Å². The van der Waals surface area contributed by atoms with E-state index in [1.165, 1.54) is 71.6 Å².